The molecule has 0 unspecified atom stereocenters. The monoisotopic (exact) mass is 321 g/mol. The highest BCUT2D eigenvalue weighted by atomic mass is 32.2. The van der Waals surface area contributed by atoms with E-state index in [1.807, 2.05) is 0 Å². The van der Waals surface area contributed by atoms with Gasteiger partial charge in [-0.2, -0.15) is 17.5 Å². The number of nitrogens with zero attached hydrogens (tertiary/aromatic N) is 1. The lowest BCUT2D eigenvalue weighted by Crippen LogP contribution is -2.32. The van der Waals surface area contributed by atoms with Crippen molar-refractivity contribution >= 4 is 10.0 Å². The van der Waals surface area contributed by atoms with Crippen molar-refractivity contribution in [3.63, 3.8) is 0 Å². The summed E-state index contributed by atoms with van der Waals surface area (Å²) >= 11 is 0. The van der Waals surface area contributed by atoms with E-state index in [9.17, 15) is 21.6 Å². The quantitative estimate of drug-likeness (QED) is 0.835. The Labute approximate surface area is 122 Å². The predicted molar refractivity (Wildman–Crippen MR) is 73.4 cm³/mol. The molecule has 1 saturated heterocycles. The minimum Gasteiger partial charge on any atom is -0.207 e. The number of aryl methyl sites for hydroxylation is 1. The summed E-state index contributed by atoms with van der Waals surface area (Å²) in [5.41, 5.74) is -0.865. The largest absolute Gasteiger partial charge is 0.416 e. The van der Waals surface area contributed by atoms with Gasteiger partial charge in [-0.05, 0) is 37.5 Å². The first-order chi connectivity index (χ1) is 9.73. The lowest BCUT2D eigenvalue weighted by atomic mass is 10.1. The maximum Gasteiger partial charge on any atom is 0.416 e. The summed E-state index contributed by atoms with van der Waals surface area (Å²) in [5, 5.41) is 0. The number of rotatable bonds is 2. The van der Waals surface area contributed by atoms with Gasteiger partial charge in [0.05, 0.1) is 10.5 Å². The van der Waals surface area contributed by atoms with Gasteiger partial charge in [0.2, 0.25) is 10.0 Å². The fraction of sp³-hybridized carbons (Fsp3) is 0.571. The lowest BCUT2D eigenvalue weighted by Gasteiger charge is -2.21. The topological polar surface area (TPSA) is 37.4 Å². The molecule has 0 aromatic heterocycles. The summed E-state index contributed by atoms with van der Waals surface area (Å²) in [6, 6.07) is 3.22. The first-order valence-electron chi connectivity index (χ1n) is 6.91. The number of benzene rings is 1. The fourth-order valence-electron chi connectivity index (χ4n) is 2.50. The van der Waals surface area contributed by atoms with Crippen LogP contribution in [-0.2, 0) is 16.2 Å². The molecule has 0 bridgehead atoms. The van der Waals surface area contributed by atoms with Gasteiger partial charge >= 0.3 is 6.18 Å². The van der Waals surface area contributed by atoms with Crippen molar-refractivity contribution in [3.05, 3.63) is 29.3 Å². The average Bonchev–Trinajstić information content (AvgIpc) is 2.66. The smallest absolute Gasteiger partial charge is 0.207 e. The molecule has 0 N–H and O–H groups in total. The molecule has 1 heterocycles. The molecular weight excluding hydrogens is 303 g/mol. The van der Waals surface area contributed by atoms with Crippen LogP contribution in [0, 0.1) is 6.92 Å². The molecule has 1 aliphatic rings. The number of alkyl halides is 3. The average molecular weight is 321 g/mol. The Morgan fingerprint density at radius 2 is 1.62 bits per heavy atom. The van der Waals surface area contributed by atoms with Crippen LogP contribution < -0.4 is 0 Å². The molecule has 0 amide bonds. The van der Waals surface area contributed by atoms with Crippen LogP contribution in [0.3, 0.4) is 0 Å². The van der Waals surface area contributed by atoms with Crippen LogP contribution >= 0.6 is 0 Å². The molecule has 21 heavy (non-hydrogen) atoms. The Morgan fingerprint density at radius 1 is 1.05 bits per heavy atom. The molecule has 0 aliphatic carbocycles. The van der Waals surface area contributed by atoms with E-state index in [2.05, 4.69) is 0 Å². The third kappa shape index (κ3) is 3.58. The van der Waals surface area contributed by atoms with Crippen LogP contribution in [0.2, 0.25) is 0 Å². The van der Waals surface area contributed by atoms with Gasteiger partial charge in [-0.3, -0.25) is 0 Å². The van der Waals surface area contributed by atoms with Gasteiger partial charge in [0, 0.05) is 13.1 Å². The van der Waals surface area contributed by atoms with E-state index in [1.165, 1.54) is 23.4 Å². The van der Waals surface area contributed by atoms with Crippen molar-refractivity contribution in [1.29, 1.82) is 0 Å². The van der Waals surface area contributed by atoms with Gasteiger partial charge in [0.1, 0.15) is 0 Å². The third-order valence-electron chi connectivity index (χ3n) is 3.72. The molecule has 7 heteroatoms. The molecule has 0 spiro atoms. The molecule has 1 aliphatic heterocycles. The first kappa shape index (κ1) is 16.3. The van der Waals surface area contributed by atoms with Crippen molar-refractivity contribution in [3.8, 4) is 0 Å². The summed E-state index contributed by atoms with van der Waals surface area (Å²) in [5.74, 6) is 0. The second-order valence-electron chi connectivity index (χ2n) is 5.29. The second-order valence-corrected chi connectivity index (χ2v) is 7.23. The minimum absolute atomic E-state index is 0.0253. The maximum absolute atomic E-state index is 12.9. The molecule has 118 valence electrons. The lowest BCUT2D eigenvalue weighted by molar-refractivity contribution is -0.138. The first-order valence-corrected chi connectivity index (χ1v) is 8.35. The number of sulfonamides is 1. The summed E-state index contributed by atoms with van der Waals surface area (Å²) in [6.07, 6.45) is -1.15. The second kappa shape index (κ2) is 5.96. The number of hydrogen-bond acceptors (Lipinski definition) is 2. The van der Waals surface area contributed by atoms with Crippen LogP contribution in [0.4, 0.5) is 13.2 Å². The van der Waals surface area contributed by atoms with E-state index in [0.717, 1.165) is 31.7 Å². The van der Waals surface area contributed by atoms with Crippen molar-refractivity contribution < 1.29 is 21.6 Å². The standard InChI is InChI=1S/C14H18F3NO2S/c1-11-6-7-12(10-13(11)14(15,16)17)21(19,20)18-8-4-2-3-5-9-18/h6-7,10H,2-5,8-9H2,1H3. The zero-order valence-corrected chi connectivity index (χ0v) is 12.6. The van der Waals surface area contributed by atoms with E-state index in [1.54, 1.807) is 0 Å². The summed E-state index contributed by atoms with van der Waals surface area (Å²) in [7, 11) is -3.85. The Balaban J connectivity index is 2.40. The number of halogens is 3. The molecule has 0 atom stereocenters. The zero-order valence-electron chi connectivity index (χ0n) is 11.8. The van der Waals surface area contributed by atoms with Crippen molar-refractivity contribution in [1.82, 2.24) is 4.31 Å². The fourth-order valence-corrected chi connectivity index (χ4v) is 4.04. The van der Waals surface area contributed by atoms with Gasteiger partial charge in [-0.25, -0.2) is 8.42 Å². The van der Waals surface area contributed by atoms with Crippen LogP contribution in [0.5, 0.6) is 0 Å². The predicted octanol–water partition coefficient (Wildman–Crippen LogP) is 3.58. The Morgan fingerprint density at radius 3 is 2.14 bits per heavy atom. The highest BCUT2D eigenvalue weighted by molar-refractivity contribution is 7.89. The Bertz CT molecular complexity index is 603. The van der Waals surface area contributed by atoms with Crippen molar-refractivity contribution in [2.24, 2.45) is 0 Å². The molecule has 0 saturated carbocycles. The zero-order chi connectivity index (χ0) is 15.7. The molecule has 1 aromatic rings. The van der Waals surface area contributed by atoms with Crippen molar-refractivity contribution in [2.75, 3.05) is 13.1 Å². The maximum atomic E-state index is 12.9. The van der Waals surface area contributed by atoms with Crippen molar-refractivity contribution in [2.45, 2.75) is 43.7 Å². The molecule has 1 fully saturated rings. The molecule has 0 radical (unpaired) electrons. The van der Waals surface area contributed by atoms with Crippen LogP contribution in [0.15, 0.2) is 23.1 Å². The van der Waals surface area contributed by atoms with E-state index < -0.39 is 21.8 Å². The third-order valence-corrected chi connectivity index (χ3v) is 5.61. The van der Waals surface area contributed by atoms with Crippen LogP contribution in [0.25, 0.3) is 0 Å². The van der Waals surface area contributed by atoms with Gasteiger partial charge < -0.3 is 0 Å². The normalized spacial score (nSPS) is 18.5. The van der Waals surface area contributed by atoms with Gasteiger partial charge in [0.25, 0.3) is 0 Å². The van der Waals surface area contributed by atoms with E-state index in [0.29, 0.717) is 13.1 Å². The molecular formula is C14H18F3NO2S. The van der Waals surface area contributed by atoms with E-state index in [4.69, 9.17) is 0 Å². The summed E-state index contributed by atoms with van der Waals surface area (Å²) in [6.45, 7) is 2.07. The van der Waals surface area contributed by atoms with Gasteiger partial charge in [0.15, 0.2) is 0 Å². The van der Waals surface area contributed by atoms with E-state index in [-0.39, 0.29) is 10.5 Å². The van der Waals surface area contributed by atoms with Gasteiger partial charge in [-0.15, -0.1) is 0 Å². The molecule has 3 nitrogen and oxygen atoms in total. The van der Waals surface area contributed by atoms with Crippen LogP contribution in [-0.4, -0.2) is 25.8 Å². The molecule has 2 rings (SSSR count). The Hall–Kier alpha value is -1.08. The minimum atomic E-state index is -4.55. The van der Waals surface area contributed by atoms with Gasteiger partial charge in [-0.1, -0.05) is 18.9 Å². The summed E-state index contributed by atoms with van der Waals surface area (Å²) < 4.78 is 65.0. The SMILES string of the molecule is Cc1ccc(S(=O)(=O)N2CCCCCC2)cc1C(F)(F)F. The highest BCUT2D eigenvalue weighted by Gasteiger charge is 2.34. The number of hydrogen-bond donors (Lipinski definition) is 0. The highest BCUT2D eigenvalue weighted by Crippen LogP contribution is 2.34. The van der Waals surface area contributed by atoms with Crippen LogP contribution in [0.1, 0.15) is 36.8 Å². The summed E-state index contributed by atoms with van der Waals surface area (Å²) in [4.78, 5) is -0.276. The molecule has 1 aromatic carbocycles. The Kier molecular flexibility index (Phi) is 4.63. The van der Waals surface area contributed by atoms with E-state index >= 15 is 0 Å².